The maximum atomic E-state index is 13.5. The summed E-state index contributed by atoms with van der Waals surface area (Å²) in [4.78, 5) is 13.5. The molecule has 1 nitrogen and oxygen atoms in total. The summed E-state index contributed by atoms with van der Waals surface area (Å²) >= 11 is 6.16. The molecule has 0 aliphatic rings. The number of rotatable bonds is 5. The molecule has 0 radical (unpaired) electrons. The second-order valence-electron chi connectivity index (χ2n) is 6.10. The van der Waals surface area contributed by atoms with Crippen molar-refractivity contribution in [2.24, 2.45) is 0 Å². The van der Waals surface area contributed by atoms with Crippen LogP contribution in [-0.2, 0) is 4.79 Å². The Morgan fingerprint density at radius 3 is 1.25 bits per heavy atom. The zero-order valence-electron chi connectivity index (χ0n) is 13.6. The van der Waals surface area contributed by atoms with Gasteiger partial charge < -0.3 is 0 Å². The average molecular weight is 355 g/mol. The van der Waals surface area contributed by atoms with Crippen LogP contribution in [-0.4, -0.2) is 18.1 Å². The third-order valence-corrected chi connectivity index (χ3v) is 11.5. The summed E-state index contributed by atoms with van der Waals surface area (Å²) in [5.41, 5.74) is 0.0891. The standard InChI is InChI=1S/C21H20ClOP/c1-24(21(23)17-22,18-11-5-2-6-12-18,19-13-7-3-8-14-19)20-15-9-4-10-16-20/h2-16H,17H2,1H3. The summed E-state index contributed by atoms with van der Waals surface area (Å²) in [6, 6.07) is 30.2. The fraction of sp³-hybridized carbons (Fsp3) is 0.0952. The van der Waals surface area contributed by atoms with Gasteiger partial charge in [-0.25, -0.2) is 0 Å². The predicted molar refractivity (Wildman–Crippen MR) is 107 cm³/mol. The Hall–Kier alpha value is -1.95. The zero-order valence-corrected chi connectivity index (χ0v) is 15.3. The topological polar surface area (TPSA) is 17.1 Å². The third kappa shape index (κ3) is 2.32. The van der Waals surface area contributed by atoms with E-state index in [1.165, 1.54) is 0 Å². The molecule has 0 unspecified atom stereocenters. The van der Waals surface area contributed by atoms with Gasteiger partial charge in [-0.3, -0.25) is 0 Å². The number of hydrogen-bond acceptors (Lipinski definition) is 1. The van der Waals surface area contributed by atoms with Crippen molar-refractivity contribution in [3.05, 3.63) is 91.0 Å². The first-order valence-electron chi connectivity index (χ1n) is 7.90. The van der Waals surface area contributed by atoms with E-state index in [0.717, 1.165) is 15.9 Å². The van der Waals surface area contributed by atoms with E-state index >= 15 is 0 Å². The molecule has 0 spiro atoms. The van der Waals surface area contributed by atoms with Crippen molar-refractivity contribution in [3.63, 3.8) is 0 Å². The molecule has 0 saturated carbocycles. The molecule has 3 aromatic carbocycles. The molecule has 0 bridgehead atoms. The third-order valence-electron chi connectivity index (χ3n) is 4.94. The number of carbonyl (C=O) groups is 1. The van der Waals surface area contributed by atoms with Gasteiger partial charge in [-0.15, -0.1) is 0 Å². The van der Waals surface area contributed by atoms with Crippen LogP contribution in [0.2, 0.25) is 0 Å². The number of alkyl halides is 1. The first kappa shape index (κ1) is 16.9. The van der Waals surface area contributed by atoms with Crippen LogP contribution in [0.15, 0.2) is 91.0 Å². The Balaban J connectivity index is 2.50. The van der Waals surface area contributed by atoms with E-state index in [0.29, 0.717) is 0 Å². The fourth-order valence-electron chi connectivity index (χ4n) is 3.43. The van der Waals surface area contributed by atoms with E-state index in [1.54, 1.807) is 0 Å². The normalized spacial score (nSPS) is 13.0. The molecule has 0 aromatic heterocycles. The van der Waals surface area contributed by atoms with Gasteiger partial charge in [-0.2, -0.15) is 0 Å². The quantitative estimate of drug-likeness (QED) is 0.501. The summed E-state index contributed by atoms with van der Waals surface area (Å²) in [7, 11) is 0. The van der Waals surface area contributed by atoms with Crippen LogP contribution in [0, 0.1) is 0 Å². The van der Waals surface area contributed by atoms with Gasteiger partial charge in [0.05, 0.1) is 0 Å². The van der Waals surface area contributed by atoms with E-state index in [4.69, 9.17) is 11.6 Å². The number of carbonyl (C=O) groups excluding carboxylic acids is 1. The Kier molecular flexibility index (Phi) is 4.58. The molecule has 122 valence electrons. The molecule has 3 aromatic rings. The van der Waals surface area contributed by atoms with Crippen LogP contribution in [0.5, 0.6) is 0 Å². The van der Waals surface area contributed by atoms with E-state index in [9.17, 15) is 4.79 Å². The van der Waals surface area contributed by atoms with Gasteiger partial charge >= 0.3 is 148 Å². The molecule has 0 saturated heterocycles. The van der Waals surface area contributed by atoms with Crippen LogP contribution in [0.25, 0.3) is 0 Å². The van der Waals surface area contributed by atoms with Crippen LogP contribution < -0.4 is 15.9 Å². The molecule has 0 atom stereocenters. The van der Waals surface area contributed by atoms with Crippen LogP contribution in [0.3, 0.4) is 0 Å². The van der Waals surface area contributed by atoms with Crippen molar-refractivity contribution in [2.75, 3.05) is 12.5 Å². The van der Waals surface area contributed by atoms with Crippen molar-refractivity contribution < 1.29 is 4.79 Å². The minimum atomic E-state index is -3.31. The monoisotopic (exact) mass is 354 g/mol. The fourth-order valence-corrected chi connectivity index (χ4v) is 9.14. The first-order valence-corrected chi connectivity index (χ1v) is 11.1. The molecular weight excluding hydrogens is 335 g/mol. The summed E-state index contributed by atoms with van der Waals surface area (Å²) in [6.45, 7) is -1.19. The van der Waals surface area contributed by atoms with Crippen LogP contribution >= 0.6 is 18.2 Å². The molecule has 0 N–H and O–H groups in total. The van der Waals surface area contributed by atoms with Gasteiger partial charge in [-0.1, -0.05) is 0 Å². The van der Waals surface area contributed by atoms with Crippen molar-refractivity contribution >= 4 is 39.6 Å². The summed E-state index contributed by atoms with van der Waals surface area (Å²) in [5, 5.41) is 3.14. The SMILES string of the molecule is CP(C(=O)CCl)(c1ccccc1)(c1ccccc1)c1ccccc1. The first-order chi connectivity index (χ1) is 11.6. The minimum absolute atomic E-state index is 0.00694. The number of halogens is 1. The van der Waals surface area contributed by atoms with Crippen LogP contribution in [0.1, 0.15) is 0 Å². The molecule has 0 aliphatic heterocycles. The molecular formula is C21H20ClOP. The Bertz CT molecular complexity index is 732. The molecule has 0 heterocycles. The van der Waals surface area contributed by atoms with E-state index in [2.05, 4.69) is 43.1 Å². The molecule has 24 heavy (non-hydrogen) atoms. The van der Waals surface area contributed by atoms with Crippen molar-refractivity contribution in [1.82, 2.24) is 0 Å². The van der Waals surface area contributed by atoms with Crippen molar-refractivity contribution in [2.45, 2.75) is 0 Å². The second-order valence-corrected chi connectivity index (χ2v) is 11.5. The maximum absolute atomic E-state index is 13.5. The van der Waals surface area contributed by atoms with Gasteiger partial charge in [-0.05, 0) is 0 Å². The molecule has 0 fully saturated rings. The predicted octanol–water partition coefficient (Wildman–Crippen LogP) is 3.91. The number of benzene rings is 3. The van der Waals surface area contributed by atoms with E-state index in [1.807, 2.05) is 54.6 Å². The van der Waals surface area contributed by atoms with Crippen molar-refractivity contribution in [1.29, 1.82) is 0 Å². The second kappa shape index (κ2) is 6.51. The Morgan fingerprint density at radius 1 is 0.708 bits per heavy atom. The molecule has 0 aliphatic carbocycles. The average Bonchev–Trinajstić information content (AvgIpc) is 2.69. The van der Waals surface area contributed by atoms with E-state index < -0.39 is 6.60 Å². The Morgan fingerprint density at radius 2 is 1.00 bits per heavy atom. The zero-order chi connectivity index (χ0) is 17.1. The van der Waals surface area contributed by atoms with Gasteiger partial charge in [0.15, 0.2) is 0 Å². The summed E-state index contributed by atoms with van der Waals surface area (Å²) in [5.74, 6) is -0.00694. The Labute approximate surface area is 148 Å². The van der Waals surface area contributed by atoms with Gasteiger partial charge in [0, 0.05) is 0 Å². The summed E-state index contributed by atoms with van der Waals surface area (Å²) < 4.78 is 0. The molecule has 3 heteroatoms. The molecule has 3 rings (SSSR count). The van der Waals surface area contributed by atoms with E-state index in [-0.39, 0.29) is 11.4 Å². The van der Waals surface area contributed by atoms with Crippen LogP contribution in [0.4, 0.5) is 0 Å². The van der Waals surface area contributed by atoms with Gasteiger partial charge in [0.1, 0.15) is 0 Å². The molecule has 0 amide bonds. The van der Waals surface area contributed by atoms with Gasteiger partial charge in [0.25, 0.3) is 0 Å². The van der Waals surface area contributed by atoms with Gasteiger partial charge in [0.2, 0.25) is 0 Å². The summed E-state index contributed by atoms with van der Waals surface area (Å²) in [6.07, 6.45) is 0. The van der Waals surface area contributed by atoms with Crippen molar-refractivity contribution in [3.8, 4) is 0 Å². The number of hydrogen-bond donors (Lipinski definition) is 0.